The molecule has 0 aliphatic heterocycles. The molecule has 0 spiro atoms. The van der Waals surface area contributed by atoms with Crippen LogP contribution in [0.5, 0.6) is 0 Å². The van der Waals surface area contributed by atoms with E-state index >= 15 is 0 Å². The molecule has 1 aromatic rings. The van der Waals surface area contributed by atoms with E-state index in [4.69, 9.17) is 0 Å². The van der Waals surface area contributed by atoms with Crippen molar-refractivity contribution in [2.24, 2.45) is 11.3 Å². The number of halogens is 1. The van der Waals surface area contributed by atoms with Crippen molar-refractivity contribution in [3.05, 3.63) is 34.3 Å². The Morgan fingerprint density at radius 1 is 1.30 bits per heavy atom. The summed E-state index contributed by atoms with van der Waals surface area (Å²) in [6, 6.07) is 8.48. The number of rotatable bonds is 4. The fraction of sp³-hybridized carbons (Fsp3) is 0.647. The van der Waals surface area contributed by atoms with Crippen LogP contribution in [0.1, 0.15) is 38.7 Å². The van der Waals surface area contributed by atoms with Crippen molar-refractivity contribution in [1.82, 2.24) is 4.90 Å². The molecule has 1 saturated carbocycles. The van der Waals surface area contributed by atoms with Crippen LogP contribution in [0.25, 0.3) is 0 Å². The molecule has 1 fully saturated rings. The zero-order valence-electron chi connectivity index (χ0n) is 12.8. The van der Waals surface area contributed by atoms with Gasteiger partial charge in [-0.2, -0.15) is 0 Å². The summed E-state index contributed by atoms with van der Waals surface area (Å²) in [6.07, 6.45) is 3.35. The first kappa shape index (κ1) is 16.0. The van der Waals surface area contributed by atoms with Crippen molar-refractivity contribution in [2.75, 3.05) is 13.6 Å². The molecule has 1 aliphatic carbocycles. The SMILES string of the molecule is CN(Cc1ccc(Br)cc1)CC1CCCC(C)(C)C1O. The quantitative estimate of drug-likeness (QED) is 0.893. The number of hydrogen-bond donors (Lipinski definition) is 1. The molecule has 112 valence electrons. The summed E-state index contributed by atoms with van der Waals surface area (Å²) in [7, 11) is 2.15. The van der Waals surface area contributed by atoms with Crippen LogP contribution in [0, 0.1) is 11.3 Å². The Hall–Kier alpha value is -0.380. The third kappa shape index (κ3) is 4.06. The minimum absolute atomic E-state index is 0.0708. The largest absolute Gasteiger partial charge is 0.392 e. The minimum Gasteiger partial charge on any atom is -0.392 e. The maximum atomic E-state index is 10.5. The third-order valence-electron chi connectivity index (χ3n) is 4.56. The first-order valence-corrected chi connectivity index (χ1v) is 8.29. The Kier molecular flexibility index (Phi) is 5.27. The minimum atomic E-state index is -0.177. The van der Waals surface area contributed by atoms with Crippen LogP contribution in [0.2, 0.25) is 0 Å². The predicted octanol–water partition coefficient (Wildman–Crippen LogP) is 4.07. The number of benzene rings is 1. The summed E-state index contributed by atoms with van der Waals surface area (Å²) in [5.74, 6) is 0.402. The molecule has 0 radical (unpaired) electrons. The van der Waals surface area contributed by atoms with E-state index in [1.54, 1.807) is 0 Å². The number of nitrogens with zero attached hydrogens (tertiary/aromatic N) is 1. The van der Waals surface area contributed by atoms with E-state index in [1.807, 2.05) is 0 Å². The second kappa shape index (κ2) is 6.59. The second-order valence-electron chi connectivity index (χ2n) is 6.91. The van der Waals surface area contributed by atoms with Gasteiger partial charge in [-0.1, -0.05) is 48.3 Å². The Morgan fingerprint density at radius 3 is 2.60 bits per heavy atom. The van der Waals surface area contributed by atoms with Crippen molar-refractivity contribution >= 4 is 15.9 Å². The van der Waals surface area contributed by atoms with Gasteiger partial charge in [0.2, 0.25) is 0 Å². The number of aliphatic hydroxyl groups is 1. The highest BCUT2D eigenvalue weighted by Gasteiger charge is 2.37. The van der Waals surface area contributed by atoms with Crippen molar-refractivity contribution < 1.29 is 5.11 Å². The second-order valence-corrected chi connectivity index (χ2v) is 7.82. The number of aliphatic hydroxyl groups excluding tert-OH is 1. The molecule has 1 aliphatic rings. The normalized spacial score (nSPS) is 25.9. The molecular formula is C17H26BrNO. The van der Waals surface area contributed by atoms with Crippen LogP contribution in [-0.2, 0) is 6.54 Å². The van der Waals surface area contributed by atoms with Gasteiger partial charge in [-0.15, -0.1) is 0 Å². The van der Waals surface area contributed by atoms with Crippen molar-refractivity contribution in [3.8, 4) is 0 Å². The Bertz CT molecular complexity index is 429. The summed E-state index contributed by atoms with van der Waals surface area (Å²) in [5, 5.41) is 10.5. The third-order valence-corrected chi connectivity index (χ3v) is 5.08. The van der Waals surface area contributed by atoms with Gasteiger partial charge in [0.1, 0.15) is 0 Å². The highest BCUT2D eigenvalue weighted by molar-refractivity contribution is 9.10. The molecule has 2 atom stereocenters. The zero-order chi connectivity index (χ0) is 14.8. The van der Waals surface area contributed by atoms with E-state index in [1.165, 1.54) is 12.0 Å². The fourth-order valence-electron chi connectivity index (χ4n) is 3.32. The summed E-state index contributed by atoms with van der Waals surface area (Å²) >= 11 is 3.46. The van der Waals surface area contributed by atoms with Gasteiger partial charge in [0.15, 0.2) is 0 Å². The predicted molar refractivity (Wildman–Crippen MR) is 87.6 cm³/mol. The van der Waals surface area contributed by atoms with Crippen LogP contribution in [0.3, 0.4) is 0 Å². The number of hydrogen-bond acceptors (Lipinski definition) is 2. The molecule has 2 nitrogen and oxygen atoms in total. The van der Waals surface area contributed by atoms with Crippen molar-refractivity contribution in [2.45, 2.75) is 45.8 Å². The zero-order valence-corrected chi connectivity index (χ0v) is 14.4. The fourth-order valence-corrected chi connectivity index (χ4v) is 3.59. The van der Waals surface area contributed by atoms with Crippen LogP contribution in [-0.4, -0.2) is 29.7 Å². The lowest BCUT2D eigenvalue weighted by Gasteiger charge is -2.42. The molecule has 2 unspecified atom stereocenters. The van der Waals surface area contributed by atoms with Crippen LogP contribution in [0.15, 0.2) is 28.7 Å². The lowest BCUT2D eigenvalue weighted by atomic mass is 9.69. The highest BCUT2D eigenvalue weighted by Crippen LogP contribution is 2.39. The molecule has 3 heteroatoms. The topological polar surface area (TPSA) is 23.5 Å². The summed E-state index contributed by atoms with van der Waals surface area (Å²) in [6.45, 7) is 6.30. The molecule has 0 aromatic heterocycles. The summed E-state index contributed by atoms with van der Waals surface area (Å²) in [5.41, 5.74) is 1.39. The molecule has 2 rings (SSSR count). The van der Waals surface area contributed by atoms with Gasteiger partial charge < -0.3 is 10.0 Å². The van der Waals surface area contributed by atoms with E-state index < -0.39 is 0 Å². The van der Waals surface area contributed by atoms with Crippen molar-refractivity contribution in [1.29, 1.82) is 0 Å². The van der Waals surface area contributed by atoms with Crippen LogP contribution in [0.4, 0.5) is 0 Å². The van der Waals surface area contributed by atoms with Crippen LogP contribution < -0.4 is 0 Å². The highest BCUT2D eigenvalue weighted by atomic mass is 79.9. The van der Waals surface area contributed by atoms with Gasteiger partial charge in [0.05, 0.1) is 6.10 Å². The van der Waals surface area contributed by atoms with Gasteiger partial charge in [-0.3, -0.25) is 0 Å². The molecule has 0 bridgehead atoms. The van der Waals surface area contributed by atoms with Gasteiger partial charge in [-0.25, -0.2) is 0 Å². The first-order chi connectivity index (χ1) is 9.38. The maximum Gasteiger partial charge on any atom is 0.0631 e. The molecule has 20 heavy (non-hydrogen) atoms. The molecule has 0 amide bonds. The standard InChI is InChI=1S/C17H26BrNO/c1-17(2)10-4-5-14(16(17)20)12-19(3)11-13-6-8-15(18)9-7-13/h6-9,14,16,20H,4-5,10-12H2,1-3H3. The molecule has 0 saturated heterocycles. The average molecular weight is 340 g/mol. The lowest BCUT2D eigenvalue weighted by molar-refractivity contribution is -0.0414. The first-order valence-electron chi connectivity index (χ1n) is 7.49. The Morgan fingerprint density at radius 2 is 1.95 bits per heavy atom. The summed E-state index contributed by atoms with van der Waals surface area (Å²) < 4.78 is 1.12. The van der Waals surface area contributed by atoms with Gasteiger partial charge >= 0.3 is 0 Å². The molecule has 1 N–H and O–H groups in total. The molecule has 1 aromatic carbocycles. The molecule has 0 heterocycles. The van der Waals surface area contributed by atoms with Gasteiger partial charge in [0, 0.05) is 17.6 Å². The smallest absolute Gasteiger partial charge is 0.0631 e. The van der Waals surface area contributed by atoms with Gasteiger partial charge in [-0.05, 0) is 48.9 Å². The van der Waals surface area contributed by atoms with E-state index in [0.29, 0.717) is 5.92 Å². The van der Waals surface area contributed by atoms with Crippen LogP contribution >= 0.6 is 15.9 Å². The Balaban J connectivity index is 1.90. The monoisotopic (exact) mass is 339 g/mol. The maximum absolute atomic E-state index is 10.5. The van der Waals surface area contributed by atoms with E-state index in [-0.39, 0.29) is 11.5 Å². The average Bonchev–Trinajstić information content (AvgIpc) is 2.38. The summed E-state index contributed by atoms with van der Waals surface area (Å²) in [4.78, 5) is 2.33. The lowest BCUT2D eigenvalue weighted by Crippen LogP contribution is -2.44. The molecular weight excluding hydrogens is 314 g/mol. The Labute approximate surface area is 131 Å². The van der Waals surface area contributed by atoms with Gasteiger partial charge in [0.25, 0.3) is 0 Å². The van der Waals surface area contributed by atoms with E-state index in [0.717, 1.165) is 30.4 Å². The van der Waals surface area contributed by atoms with E-state index in [9.17, 15) is 5.11 Å². The van der Waals surface area contributed by atoms with Crippen molar-refractivity contribution in [3.63, 3.8) is 0 Å². The van der Waals surface area contributed by atoms with E-state index in [2.05, 4.69) is 66.0 Å².